The smallest absolute Gasteiger partial charge is 0.255 e. The van der Waals surface area contributed by atoms with Crippen LogP contribution in [0.5, 0.6) is 5.75 Å². The fourth-order valence-electron chi connectivity index (χ4n) is 6.45. The quantitative estimate of drug-likeness (QED) is 0.251. The van der Waals surface area contributed by atoms with Crippen LogP contribution in [0.4, 0.5) is 5.69 Å². The summed E-state index contributed by atoms with van der Waals surface area (Å²) >= 11 is 0. The number of carbonyl (C=O) groups excluding carboxylic acids is 4. The number of nitrogens with one attached hydrogen (secondary N) is 1. The molecule has 41 heavy (non-hydrogen) atoms. The second-order valence-electron chi connectivity index (χ2n) is 10.7. The molecule has 2 aromatic carbocycles. The van der Waals surface area contributed by atoms with E-state index in [0.29, 0.717) is 22.4 Å². The van der Waals surface area contributed by atoms with E-state index >= 15 is 0 Å². The van der Waals surface area contributed by atoms with Crippen LogP contribution < -0.4 is 11.1 Å². The summed E-state index contributed by atoms with van der Waals surface area (Å²) in [5.74, 6) is -7.68. The zero-order valence-corrected chi connectivity index (χ0v) is 22.2. The maximum Gasteiger partial charge on any atom is 0.255 e. The molecule has 0 unspecified atom stereocenters. The maximum atomic E-state index is 13.9. The molecule has 2 aromatic rings. The zero-order valence-electron chi connectivity index (χ0n) is 22.2. The number of aromatic hydroxyl groups is 1. The van der Waals surface area contributed by atoms with E-state index < -0.39 is 70.6 Å². The number of Topliss-reactive ketones (excluding diaryl/α,β-unsaturated/α-hetero) is 2. The molecule has 0 aromatic heterocycles. The number of ketones is 2. The molecule has 12 heteroatoms. The van der Waals surface area contributed by atoms with Crippen LogP contribution in [0, 0.1) is 11.8 Å². The van der Waals surface area contributed by atoms with Crippen LogP contribution in [0.2, 0.25) is 0 Å². The Balaban J connectivity index is 1.65. The Morgan fingerprint density at radius 2 is 1.73 bits per heavy atom. The van der Waals surface area contributed by atoms with Crippen molar-refractivity contribution in [1.29, 1.82) is 0 Å². The van der Waals surface area contributed by atoms with Crippen molar-refractivity contribution in [3.8, 4) is 16.9 Å². The van der Waals surface area contributed by atoms with Crippen LogP contribution in [0.3, 0.4) is 0 Å². The van der Waals surface area contributed by atoms with Gasteiger partial charge in [-0.25, -0.2) is 0 Å². The van der Waals surface area contributed by atoms with Crippen LogP contribution >= 0.6 is 0 Å². The minimum atomic E-state index is -2.70. The molecule has 1 fully saturated rings. The molecular weight excluding hydrogens is 534 g/mol. The number of aliphatic hydroxyl groups excluding tert-OH is 3. The van der Waals surface area contributed by atoms with E-state index in [4.69, 9.17) is 10.8 Å². The minimum Gasteiger partial charge on any atom is -0.508 e. The lowest BCUT2D eigenvalue weighted by molar-refractivity contribution is -0.153. The molecule has 214 valence electrons. The van der Waals surface area contributed by atoms with E-state index in [1.165, 1.54) is 25.1 Å². The lowest BCUT2D eigenvalue weighted by atomic mass is 9.57. The van der Waals surface area contributed by atoms with Crippen LogP contribution in [0.15, 0.2) is 53.3 Å². The molecule has 0 radical (unpaired) electrons. The highest BCUT2D eigenvalue weighted by Gasteiger charge is 2.64. The number of aliphatic hydroxyl groups is 4. The number of likely N-dealkylation sites (N-methyl/N-ethyl adjacent to an activating group) is 1. The second kappa shape index (κ2) is 9.84. The van der Waals surface area contributed by atoms with Gasteiger partial charge >= 0.3 is 0 Å². The topological polar surface area (TPSA) is 211 Å². The van der Waals surface area contributed by atoms with Gasteiger partial charge in [-0.2, -0.15) is 0 Å². The van der Waals surface area contributed by atoms with Crippen LogP contribution in [-0.2, 0) is 25.6 Å². The molecule has 0 saturated heterocycles. The number of carbonyl (C=O) groups is 4. The van der Waals surface area contributed by atoms with Crippen molar-refractivity contribution >= 4 is 34.8 Å². The van der Waals surface area contributed by atoms with Crippen LogP contribution in [0.25, 0.3) is 16.9 Å². The van der Waals surface area contributed by atoms with Gasteiger partial charge in [0, 0.05) is 17.2 Å². The predicted octanol–water partition coefficient (Wildman–Crippen LogP) is 0.562. The second-order valence-corrected chi connectivity index (χ2v) is 10.7. The summed E-state index contributed by atoms with van der Waals surface area (Å²) in [6.45, 7) is -0.672. The van der Waals surface area contributed by atoms with E-state index in [2.05, 4.69) is 5.32 Å². The maximum absolute atomic E-state index is 13.9. The Morgan fingerprint density at radius 3 is 2.32 bits per heavy atom. The average molecular weight is 564 g/mol. The van der Waals surface area contributed by atoms with Gasteiger partial charge in [-0.1, -0.05) is 18.2 Å². The summed E-state index contributed by atoms with van der Waals surface area (Å²) in [6, 6.07) is 8.48. The van der Waals surface area contributed by atoms with Crippen molar-refractivity contribution < 1.29 is 44.7 Å². The molecule has 0 heterocycles. The SMILES string of the molecule is CN(C)[C@@H]1C(=O)C(C(N)=O)=C(O)[C@@]2(O)C(=O)C3=C(O)c4c(O)ccc(-c5ccc(NC(=O)CO)cc5)c4C[C@H]3C[C@@H]12. The lowest BCUT2D eigenvalue weighted by Crippen LogP contribution is -2.65. The van der Waals surface area contributed by atoms with Gasteiger partial charge in [0.05, 0.1) is 11.6 Å². The van der Waals surface area contributed by atoms with Crippen LogP contribution in [-0.4, -0.2) is 86.2 Å². The average Bonchev–Trinajstić information content (AvgIpc) is 2.91. The number of nitrogens with zero attached hydrogens (tertiary/aromatic N) is 1. The summed E-state index contributed by atoms with van der Waals surface area (Å²) in [5, 5.41) is 56.3. The highest BCUT2D eigenvalue weighted by Crippen LogP contribution is 2.53. The fraction of sp³-hybridized carbons (Fsp3) is 0.310. The molecule has 3 aliphatic rings. The normalized spacial score (nSPS) is 25.5. The van der Waals surface area contributed by atoms with Crippen molar-refractivity contribution in [2.75, 3.05) is 26.0 Å². The molecule has 0 aliphatic heterocycles. The Hall–Kier alpha value is -4.52. The summed E-state index contributed by atoms with van der Waals surface area (Å²) < 4.78 is 0. The minimum absolute atomic E-state index is 0.0172. The standard InChI is InChI=1S/C29H29N3O9/c1-32(2)23-17-10-13-9-16-15(12-3-5-14(6-4-12)31-19(35)11-33)7-8-18(34)21(16)24(36)20(13)26(38)29(17,41)27(39)22(25(23)37)28(30)40/h3-8,13,17,23,33-34,36,39,41H,9-11H2,1-2H3,(H2,30,40)(H,31,35)/t13-,17-,23-,29-/m0/s1. The van der Waals surface area contributed by atoms with Crippen molar-refractivity contribution in [3.63, 3.8) is 0 Å². The van der Waals surface area contributed by atoms with Gasteiger partial charge in [-0.3, -0.25) is 24.1 Å². The number of hydrogen-bond acceptors (Lipinski definition) is 10. The summed E-state index contributed by atoms with van der Waals surface area (Å²) in [4.78, 5) is 52.2. The molecule has 1 saturated carbocycles. The first-order valence-electron chi connectivity index (χ1n) is 12.8. The monoisotopic (exact) mass is 563 g/mol. The molecule has 12 nitrogen and oxygen atoms in total. The van der Waals surface area contributed by atoms with Gasteiger partial charge in [-0.05, 0) is 67.7 Å². The molecule has 4 atom stereocenters. The molecule has 3 aliphatic carbocycles. The largest absolute Gasteiger partial charge is 0.508 e. The first-order chi connectivity index (χ1) is 19.3. The molecule has 2 amide bonds. The van der Waals surface area contributed by atoms with Crippen molar-refractivity contribution in [3.05, 3.63) is 64.4 Å². The van der Waals surface area contributed by atoms with Gasteiger partial charge in [0.25, 0.3) is 5.91 Å². The molecular formula is C29H29N3O9. The van der Waals surface area contributed by atoms with E-state index in [1.807, 2.05) is 0 Å². The van der Waals surface area contributed by atoms with Gasteiger partial charge in [0.2, 0.25) is 11.7 Å². The van der Waals surface area contributed by atoms with E-state index in [1.54, 1.807) is 30.3 Å². The van der Waals surface area contributed by atoms with Gasteiger partial charge in [-0.15, -0.1) is 0 Å². The fourth-order valence-corrected chi connectivity index (χ4v) is 6.45. The molecule has 0 spiro atoms. The Labute approximate surface area is 234 Å². The highest BCUT2D eigenvalue weighted by molar-refractivity contribution is 6.24. The predicted molar refractivity (Wildman–Crippen MR) is 145 cm³/mol. The highest BCUT2D eigenvalue weighted by atomic mass is 16.3. The summed E-state index contributed by atoms with van der Waals surface area (Å²) in [5.41, 5.74) is 3.79. The Kier molecular flexibility index (Phi) is 6.72. The number of phenolic OH excluding ortho intramolecular Hbond substituents is 1. The number of anilines is 1. The number of hydrogen-bond donors (Lipinski definition) is 7. The third-order valence-electron chi connectivity index (χ3n) is 8.23. The third-order valence-corrected chi connectivity index (χ3v) is 8.23. The molecule has 8 N–H and O–H groups in total. The van der Waals surface area contributed by atoms with Crippen LogP contribution in [0.1, 0.15) is 17.5 Å². The number of primary amides is 1. The summed E-state index contributed by atoms with van der Waals surface area (Å²) in [7, 11) is 3.08. The van der Waals surface area contributed by atoms with Crippen molar-refractivity contribution in [2.24, 2.45) is 17.6 Å². The number of nitrogens with two attached hydrogens (primary N) is 1. The van der Waals surface area contributed by atoms with E-state index in [-0.39, 0.29) is 29.7 Å². The zero-order chi connectivity index (χ0) is 30.0. The van der Waals surface area contributed by atoms with Gasteiger partial charge in [0.1, 0.15) is 29.4 Å². The summed E-state index contributed by atoms with van der Waals surface area (Å²) in [6.07, 6.45) is 0.119. The Morgan fingerprint density at radius 1 is 1.07 bits per heavy atom. The first kappa shape index (κ1) is 28.0. The van der Waals surface area contributed by atoms with Gasteiger partial charge in [0.15, 0.2) is 11.4 Å². The van der Waals surface area contributed by atoms with Crippen molar-refractivity contribution in [1.82, 2.24) is 4.90 Å². The van der Waals surface area contributed by atoms with Crippen molar-refractivity contribution in [2.45, 2.75) is 24.5 Å². The van der Waals surface area contributed by atoms with E-state index in [9.17, 15) is 39.6 Å². The third kappa shape index (κ3) is 4.10. The lowest BCUT2D eigenvalue weighted by Gasteiger charge is -2.50. The molecule has 5 rings (SSSR count). The van der Waals surface area contributed by atoms with E-state index in [0.717, 1.165) is 0 Å². The molecule has 0 bridgehead atoms. The number of fused-ring (bicyclic) bond motifs is 3. The Bertz CT molecular complexity index is 1570. The first-order valence-corrected chi connectivity index (χ1v) is 12.8. The number of phenols is 1. The number of amides is 2. The van der Waals surface area contributed by atoms with Gasteiger partial charge < -0.3 is 36.6 Å². The number of rotatable bonds is 5. The number of benzene rings is 2.